The van der Waals surface area contributed by atoms with Crippen LogP contribution < -0.4 is 10.6 Å². The van der Waals surface area contributed by atoms with Gasteiger partial charge >= 0.3 is 0 Å². The Morgan fingerprint density at radius 3 is 2.73 bits per heavy atom. The predicted octanol–water partition coefficient (Wildman–Crippen LogP) is 2.26. The van der Waals surface area contributed by atoms with Crippen molar-refractivity contribution in [2.75, 3.05) is 18.0 Å². The molecule has 1 aromatic rings. The first-order valence-corrected chi connectivity index (χ1v) is 5.69. The summed E-state index contributed by atoms with van der Waals surface area (Å²) in [6, 6.07) is 6.65. The predicted molar refractivity (Wildman–Crippen MR) is 65.2 cm³/mol. The second-order valence-corrected chi connectivity index (χ2v) is 4.89. The van der Waals surface area contributed by atoms with E-state index in [-0.39, 0.29) is 5.54 Å². The van der Waals surface area contributed by atoms with Crippen molar-refractivity contribution in [3.8, 4) is 0 Å². The molecular weight excluding hydrogens is 184 g/mol. The molecule has 0 fully saturated rings. The van der Waals surface area contributed by atoms with Gasteiger partial charge in [-0.15, -0.1) is 0 Å². The maximum absolute atomic E-state index is 6.12. The van der Waals surface area contributed by atoms with Gasteiger partial charge < -0.3 is 10.6 Å². The summed E-state index contributed by atoms with van der Waals surface area (Å²) in [5.41, 5.74) is 9.95. The monoisotopic (exact) mass is 204 g/mol. The number of fused-ring (bicyclic) bond motifs is 1. The van der Waals surface area contributed by atoms with Gasteiger partial charge in [-0.3, -0.25) is 0 Å². The number of nitrogens with two attached hydrogens (primary N) is 1. The van der Waals surface area contributed by atoms with Gasteiger partial charge in [-0.2, -0.15) is 0 Å². The molecule has 15 heavy (non-hydrogen) atoms. The molecule has 2 nitrogen and oxygen atoms in total. The highest BCUT2D eigenvalue weighted by Crippen LogP contribution is 2.31. The van der Waals surface area contributed by atoms with Crippen LogP contribution >= 0.6 is 0 Å². The molecular formula is C13H20N2. The second kappa shape index (κ2) is 3.53. The minimum atomic E-state index is -0.239. The first-order valence-electron chi connectivity index (χ1n) is 5.69. The Balaban J connectivity index is 2.41. The molecule has 0 spiro atoms. The van der Waals surface area contributed by atoms with E-state index < -0.39 is 0 Å². The van der Waals surface area contributed by atoms with Crippen LogP contribution in [-0.4, -0.2) is 13.1 Å². The Labute approximate surface area is 92.1 Å². The van der Waals surface area contributed by atoms with Crippen molar-refractivity contribution < 1.29 is 0 Å². The van der Waals surface area contributed by atoms with E-state index >= 15 is 0 Å². The van der Waals surface area contributed by atoms with Crippen molar-refractivity contribution in [1.29, 1.82) is 0 Å². The van der Waals surface area contributed by atoms with E-state index in [2.05, 4.69) is 43.9 Å². The van der Waals surface area contributed by atoms with Gasteiger partial charge in [-0.25, -0.2) is 0 Å². The fraction of sp³-hybridized carbons (Fsp3) is 0.538. The van der Waals surface area contributed by atoms with E-state index in [1.54, 1.807) is 0 Å². The largest absolute Gasteiger partial charge is 0.371 e. The number of rotatable bonds is 2. The summed E-state index contributed by atoms with van der Waals surface area (Å²) >= 11 is 0. The van der Waals surface area contributed by atoms with Gasteiger partial charge in [0.1, 0.15) is 0 Å². The molecule has 0 aromatic heterocycles. The summed E-state index contributed by atoms with van der Waals surface area (Å²) < 4.78 is 0. The Bertz CT molecular complexity index is 363. The Kier molecular flexibility index (Phi) is 2.47. The van der Waals surface area contributed by atoms with Gasteiger partial charge in [-0.05, 0) is 44.4 Å². The van der Waals surface area contributed by atoms with Gasteiger partial charge in [0.2, 0.25) is 0 Å². The van der Waals surface area contributed by atoms with Crippen LogP contribution in [0.1, 0.15) is 31.9 Å². The van der Waals surface area contributed by atoms with E-state index in [1.807, 2.05) is 0 Å². The molecule has 0 radical (unpaired) electrons. The molecule has 0 aliphatic carbocycles. The smallest absolute Gasteiger partial charge is 0.0402 e. The zero-order valence-corrected chi connectivity index (χ0v) is 9.88. The molecule has 82 valence electrons. The lowest BCUT2D eigenvalue weighted by atomic mass is 9.94. The third kappa shape index (κ3) is 1.86. The molecule has 0 atom stereocenters. The van der Waals surface area contributed by atoms with Crippen molar-refractivity contribution in [3.05, 3.63) is 29.3 Å². The van der Waals surface area contributed by atoms with Gasteiger partial charge in [0.25, 0.3) is 0 Å². The van der Waals surface area contributed by atoms with Crippen LogP contribution in [0.4, 0.5) is 5.69 Å². The third-order valence-corrected chi connectivity index (χ3v) is 3.20. The molecule has 1 heterocycles. The van der Waals surface area contributed by atoms with Crippen molar-refractivity contribution in [2.45, 2.75) is 32.7 Å². The average molecular weight is 204 g/mol. The zero-order valence-electron chi connectivity index (χ0n) is 9.88. The Morgan fingerprint density at radius 1 is 1.40 bits per heavy atom. The van der Waals surface area contributed by atoms with Crippen molar-refractivity contribution >= 4 is 5.69 Å². The first kappa shape index (κ1) is 10.5. The van der Waals surface area contributed by atoms with Crippen LogP contribution in [0.2, 0.25) is 0 Å². The maximum Gasteiger partial charge on any atom is 0.0402 e. The van der Waals surface area contributed by atoms with Crippen molar-refractivity contribution in [1.82, 2.24) is 0 Å². The quantitative estimate of drug-likeness (QED) is 0.800. The number of likely N-dealkylation sites (N-methyl/N-ethyl adjacent to an activating group) is 1. The van der Waals surface area contributed by atoms with Crippen molar-refractivity contribution in [2.24, 2.45) is 5.73 Å². The highest BCUT2D eigenvalue weighted by atomic mass is 15.1. The maximum atomic E-state index is 6.12. The fourth-order valence-corrected chi connectivity index (χ4v) is 2.17. The van der Waals surface area contributed by atoms with Crippen LogP contribution in [0.3, 0.4) is 0 Å². The second-order valence-electron chi connectivity index (χ2n) is 4.89. The van der Waals surface area contributed by atoms with Gasteiger partial charge in [0, 0.05) is 24.3 Å². The molecule has 0 bridgehead atoms. The molecule has 0 saturated heterocycles. The summed E-state index contributed by atoms with van der Waals surface area (Å²) in [5, 5.41) is 0. The molecule has 0 saturated carbocycles. The number of hydrogen-bond acceptors (Lipinski definition) is 2. The fourth-order valence-electron chi connectivity index (χ4n) is 2.17. The number of hydrogen-bond donors (Lipinski definition) is 1. The summed E-state index contributed by atoms with van der Waals surface area (Å²) in [5.74, 6) is 0. The zero-order chi connectivity index (χ0) is 11.1. The summed E-state index contributed by atoms with van der Waals surface area (Å²) in [7, 11) is 0. The van der Waals surface area contributed by atoms with Crippen molar-refractivity contribution in [3.63, 3.8) is 0 Å². The average Bonchev–Trinajstić information content (AvgIpc) is 2.57. The lowest BCUT2D eigenvalue weighted by molar-refractivity contribution is 0.554. The van der Waals surface area contributed by atoms with Gasteiger partial charge in [-0.1, -0.05) is 12.1 Å². The number of nitrogens with zero attached hydrogens (tertiary/aromatic N) is 1. The molecule has 2 rings (SSSR count). The third-order valence-electron chi connectivity index (χ3n) is 3.20. The lowest BCUT2D eigenvalue weighted by Crippen LogP contribution is -2.29. The van der Waals surface area contributed by atoms with Crippen LogP contribution in [0.5, 0.6) is 0 Å². The van der Waals surface area contributed by atoms with E-state index in [4.69, 9.17) is 5.73 Å². The standard InChI is InChI=1S/C13H20N2/c1-4-15-8-7-10-5-6-11(9-12(10)15)13(2,3)14/h5-6,9H,4,7-8,14H2,1-3H3. The lowest BCUT2D eigenvalue weighted by Gasteiger charge is -2.23. The normalized spacial score (nSPS) is 15.6. The Morgan fingerprint density at radius 2 is 2.13 bits per heavy atom. The van der Waals surface area contributed by atoms with E-state index in [0.29, 0.717) is 0 Å². The number of benzene rings is 1. The molecule has 2 heteroatoms. The molecule has 0 amide bonds. The van der Waals surface area contributed by atoms with Crippen LogP contribution in [-0.2, 0) is 12.0 Å². The van der Waals surface area contributed by atoms with Gasteiger partial charge in [0.15, 0.2) is 0 Å². The van der Waals surface area contributed by atoms with E-state index in [9.17, 15) is 0 Å². The van der Waals surface area contributed by atoms with E-state index in [1.165, 1.54) is 23.2 Å². The highest BCUT2D eigenvalue weighted by molar-refractivity contribution is 5.60. The molecule has 2 N–H and O–H groups in total. The first-order chi connectivity index (χ1) is 7.02. The van der Waals surface area contributed by atoms with Gasteiger partial charge in [0.05, 0.1) is 0 Å². The minimum absolute atomic E-state index is 0.239. The minimum Gasteiger partial charge on any atom is -0.371 e. The van der Waals surface area contributed by atoms with Crippen LogP contribution in [0, 0.1) is 0 Å². The van der Waals surface area contributed by atoms with Crippen LogP contribution in [0.25, 0.3) is 0 Å². The highest BCUT2D eigenvalue weighted by Gasteiger charge is 2.21. The SMILES string of the molecule is CCN1CCc2ccc(C(C)(C)N)cc21. The molecule has 1 aliphatic rings. The Hall–Kier alpha value is -1.02. The summed E-state index contributed by atoms with van der Waals surface area (Å²) in [6.07, 6.45) is 1.18. The van der Waals surface area contributed by atoms with Crippen LogP contribution in [0.15, 0.2) is 18.2 Å². The molecule has 1 aliphatic heterocycles. The topological polar surface area (TPSA) is 29.3 Å². The van der Waals surface area contributed by atoms with E-state index in [0.717, 1.165) is 13.1 Å². The molecule has 0 unspecified atom stereocenters. The number of anilines is 1. The summed E-state index contributed by atoms with van der Waals surface area (Å²) in [6.45, 7) is 8.55. The molecule has 1 aromatic carbocycles. The summed E-state index contributed by atoms with van der Waals surface area (Å²) in [4.78, 5) is 2.42.